The summed E-state index contributed by atoms with van der Waals surface area (Å²) in [6.45, 7) is 11.1. The van der Waals surface area contributed by atoms with Crippen LogP contribution in [0.15, 0.2) is 18.3 Å². The average Bonchev–Trinajstić information content (AvgIpc) is 2.48. The zero-order valence-corrected chi connectivity index (χ0v) is 14.8. The molecule has 2 heterocycles. The molecule has 1 saturated heterocycles. The van der Waals surface area contributed by atoms with Crippen LogP contribution in [0.4, 0.5) is 4.79 Å². The molecule has 1 fully saturated rings. The van der Waals surface area contributed by atoms with Crippen LogP contribution in [-0.2, 0) is 11.3 Å². The molecule has 0 spiro atoms. The number of pyridine rings is 1. The lowest BCUT2D eigenvalue weighted by Gasteiger charge is -2.33. The number of amides is 1. The molecule has 1 N–H and O–H groups in total. The van der Waals surface area contributed by atoms with Gasteiger partial charge in [0.25, 0.3) is 0 Å². The van der Waals surface area contributed by atoms with Crippen LogP contribution in [0.1, 0.15) is 44.9 Å². The summed E-state index contributed by atoms with van der Waals surface area (Å²) < 4.78 is 5.43. The van der Waals surface area contributed by atoms with E-state index in [0.717, 1.165) is 44.7 Å². The van der Waals surface area contributed by atoms with Crippen molar-refractivity contribution in [2.45, 2.75) is 52.7 Å². The molecule has 1 aromatic heterocycles. The zero-order chi connectivity index (χ0) is 16.9. The molecule has 1 aliphatic rings. The van der Waals surface area contributed by atoms with E-state index in [0.29, 0.717) is 5.92 Å². The number of ether oxygens (including phenoxy) is 1. The van der Waals surface area contributed by atoms with Gasteiger partial charge in [0.1, 0.15) is 5.60 Å². The molecule has 1 aliphatic heterocycles. The quantitative estimate of drug-likeness (QED) is 0.926. The predicted molar refractivity (Wildman–Crippen MR) is 91.2 cm³/mol. The summed E-state index contributed by atoms with van der Waals surface area (Å²) in [5.41, 5.74) is 1.84. The number of piperidine rings is 1. The van der Waals surface area contributed by atoms with E-state index >= 15 is 0 Å². The van der Waals surface area contributed by atoms with Crippen LogP contribution in [0.5, 0.6) is 0 Å². The number of carbonyl (C=O) groups excluding carboxylic acids is 1. The van der Waals surface area contributed by atoms with Crippen LogP contribution in [-0.4, -0.2) is 41.2 Å². The number of rotatable bonds is 4. The van der Waals surface area contributed by atoms with E-state index in [1.54, 1.807) is 0 Å². The molecule has 5 heteroatoms. The normalized spacial score (nSPS) is 16.4. The fourth-order valence-corrected chi connectivity index (χ4v) is 2.67. The highest BCUT2D eigenvalue weighted by Gasteiger charge is 2.26. The third-order valence-electron chi connectivity index (χ3n) is 4.00. The van der Waals surface area contributed by atoms with Crippen molar-refractivity contribution in [3.63, 3.8) is 0 Å². The van der Waals surface area contributed by atoms with Gasteiger partial charge in [-0.25, -0.2) is 4.79 Å². The van der Waals surface area contributed by atoms with Gasteiger partial charge in [0.2, 0.25) is 0 Å². The van der Waals surface area contributed by atoms with Gasteiger partial charge in [-0.2, -0.15) is 0 Å². The summed E-state index contributed by atoms with van der Waals surface area (Å²) in [5.74, 6) is 0.618. The Morgan fingerprint density at radius 3 is 2.61 bits per heavy atom. The van der Waals surface area contributed by atoms with Gasteiger partial charge < -0.3 is 15.0 Å². The third-order valence-corrected chi connectivity index (χ3v) is 4.00. The molecule has 1 amide bonds. The first-order chi connectivity index (χ1) is 10.8. The van der Waals surface area contributed by atoms with Crippen LogP contribution in [0.2, 0.25) is 0 Å². The van der Waals surface area contributed by atoms with Crippen molar-refractivity contribution in [3.05, 3.63) is 29.6 Å². The zero-order valence-electron chi connectivity index (χ0n) is 14.8. The summed E-state index contributed by atoms with van der Waals surface area (Å²) in [5, 5.41) is 3.50. The minimum Gasteiger partial charge on any atom is -0.444 e. The first-order valence-corrected chi connectivity index (χ1v) is 8.44. The van der Waals surface area contributed by atoms with Gasteiger partial charge in [-0.1, -0.05) is 6.07 Å². The predicted octanol–water partition coefficient (Wildman–Crippen LogP) is 3.13. The molecular formula is C18H29N3O2. The molecule has 1 aromatic rings. The van der Waals surface area contributed by atoms with Crippen molar-refractivity contribution in [2.75, 3.05) is 19.6 Å². The van der Waals surface area contributed by atoms with Crippen LogP contribution < -0.4 is 5.32 Å². The molecule has 0 aromatic carbocycles. The summed E-state index contributed by atoms with van der Waals surface area (Å²) in [7, 11) is 0. The van der Waals surface area contributed by atoms with Gasteiger partial charge in [0.15, 0.2) is 0 Å². The summed E-state index contributed by atoms with van der Waals surface area (Å²) in [4.78, 5) is 18.2. The number of aryl methyl sites for hydroxylation is 1. The van der Waals surface area contributed by atoms with E-state index in [9.17, 15) is 4.79 Å². The second-order valence-electron chi connectivity index (χ2n) is 7.35. The Labute approximate surface area is 139 Å². The fourth-order valence-electron chi connectivity index (χ4n) is 2.67. The molecule has 0 unspecified atom stereocenters. The topological polar surface area (TPSA) is 54.5 Å². The first-order valence-electron chi connectivity index (χ1n) is 8.44. The number of hydrogen-bond donors (Lipinski definition) is 1. The molecule has 0 radical (unpaired) electrons. The van der Waals surface area contributed by atoms with Gasteiger partial charge in [-0.3, -0.25) is 4.98 Å². The van der Waals surface area contributed by atoms with Crippen LogP contribution in [0, 0.1) is 12.8 Å². The Kier molecular flexibility index (Phi) is 5.99. The molecule has 128 valence electrons. The lowest BCUT2D eigenvalue weighted by atomic mass is 9.97. The minimum absolute atomic E-state index is 0.186. The number of likely N-dealkylation sites (tertiary alicyclic amines) is 1. The largest absolute Gasteiger partial charge is 0.444 e. The third kappa shape index (κ3) is 6.18. The average molecular weight is 319 g/mol. The monoisotopic (exact) mass is 319 g/mol. The molecule has 0 saturated carbocycles. The number of aromatic nitrogens is 1. The van der Waals surface area contributed by atoms with Gasteiger partial charge >= 0.3 is 6.09 Å². The Morgan fingerprint density at radius 2 is 2.04 bits per heavy atom. The Balaban J connectivity index is 1.66. The van der Waals surface area contributed by atoms with Crippen LogP contribution >= 0.6 is 0 Å². The van der Waals surface area contributed by atoms with E-state index in [2.05, 4.69) is 16.4 Å². The maximum Gasteiger partial charge on any atom is 0.410 e. The van der Waals surface area contributed by atoms with Crippen molar-refractivity contribution in [2.24, 2.45) is 5.92 Å². The van der Waals surface area contributed by atoms with E-state index in [4.69, 9.17) is 4.74 Å². The van der Waals surface area contributed by atoms with Crippen LogP contribution in [0.25, 0.3) is 0 Å². The van der Waals surface area contributed by atoms with Crippen molar-refractivity contribution in [1.29, 1.82) is 0 Å². The first kappa shape index (κ1) is 17.7. The van der Waals surface area contributed by atoms with Gasteiger partial charge in [-0.05, 0) is 64.6 Å². The van der Waals surface area contributed by atoms with E-state index < -0.39 is 5.60 Å². The maximum absolute atomic E-state index is 12.0. The Morgan fingerprint density at radius 1 is 1.35 bits per heavy atom. The summed E-state index contributed by atoms with van der Waals surface area (Å²) in [6, 6.07) is 4.15. The molecule has 23 heavy (non-hydrogen) atoms. The molecule has 0 atom stereocenters. The lowest BCUT2D eigenvalue weighted by molar-refractivity contribution is 0.0184. The van der Waals surface area contributed by atoms with Gasteiger partial charge in [0.05, 0.1) is 0 Å². The maximum atomic E-state index is 12.0. The Bertz CT molecular complexity index is 500. The van der Waals surface area contributed by atoms with Crippen molar-refractivity contribution >= 4 is 6.09 Å². The number of nitrogens with one attached hydrogen (secondary N) is 1. The van der Waals surface area contributed by atoms with E-state index in [-0.39, 0.29) is 6.09 Å². The molecule has 2 rings (SSSR count). The number of nitrogens with zero attached hydrogens (tertiary/aromatic N) is 2. The summed E-state index contributed by atoms with van der Waals surface area (Å²) in [6.07, 6.45) is 3.79. The number of carbonyl (C=O) groups is 1. The highest BCUT2D eigenvalue weighted by Crippen LogP contribution is 2.19. The van der Waals surface area contributed by atoms with Gasteiger partial charge in [0, 0.05) is 31.5 Å². The highest BCUT2D eigenvalue weighted by atomic mass is 16.6. The second-order valence-corrected chi connectivity index (χ2v) is 7.35. The highest BCUT2D eigenvalue weighted by molar-refractivity contribution is 5.68. The smallest absolute Gasteiger partial charge is 0.410 e. The standard InChI is InChI=1S/C18H29N3O2/c1-14-5-6-16(13-20-14)12-19-11-15-7-9-21(10-8-15)17(22)23-18(2,3)4/h5-6,13,15,19H,7-12H2,1-4H3. The summed E-state index contributed by atoms with van der Waals surface area (Å²) >= 11 is 0. The Hall–Kier alpha value is -1.62. The molecule has 5 nitrogen and oxygen atoms in total. The SMILES string of the molecule is Cc1ccc(CNCC2CCN(C(=O)OC(C)(C)C)CC2)cn1. The van der Waals surface area contributed by atoms with E-state index in [1.165, 1.54) is 5.56 Å². The number of hydrogen-bond acceptors (Lipinski definition) is 4. The second kappa shape index (κ2) is 7.77. The van der Waals surface area contributed by atoms with Crippen molar-refractivity contribution < 1.29 is 9.53 Å². The molecule has 0 aliphatic carbocycles. The molecule has 0 bridgehead atoms. The molecular weight excluding hydrogens is 290 g/mol. The van der Waals surface area contributed by atoms with Gasteiger partial charge in [-0.15, -0.1) is 0 Å². The lowest BCUT2D eigenvalue weighted by Crippen LogP contribution is -2.43. The van der Waals surface area contributed by atoms with Crippen molar-refractivity contribution in [1.82, 2.24) is 15.2 Å². The van der Waals surface area contributed by atoms with Crippen molar-refractivity contribution in [3.8, 4) is 0 Å². The fraction of sp³-hybridized carbons (Fsp3) is 0.667. The van der Waals surface area contributed by atoms with E-state index in [1.807, 2.05) is 44.9 Å². The van der Waals surface area contributed by atoms with Crippen LogP contribution in [0.3, 0.4) is 0 Å². The minimum atomic E-state index is -0.419.